The van der Waals surface area contributed by atoms with Crippen molar-refractivity contribution < 1.29 is 9.59 Å². The van der Waals surface area contributed by atoms with Gasteiger partial charge in [-0.05, 0) is 38.5 Å². The van der Waals surface area contributed by atoms with Crippen LogP contribution in [-0.4, -0.2) is 21.5 Å². The van der Waals surface area contributed by atoms with Crippen molar-refractivity contribution >= 4 is 17.4 Å². The van der Waals surface area contributed by atoms with Crippen molar-refractivity contribution in [1.82, 2.24) is 9.78 Å². The van der Waals surface area contributed by atoms with Crippen LogP contribution in [-0.2, 0) is 4.79 Å². The molecule has 1 atom stereocenters. The molecule has 29 heavy (non-hydrogen) atoms. The number of ketones is 1. The third kappa shape index (κ3) is 4.66. The first kappa shape index (κ1) is 20.2. The first-order chi connectivity index (χ1) is 13.9. The average Bonchev–Trinajstić information content (AvgIpc) is 2.71. The van der Waals surface area contributed by atoms with Crippen LogP contribution in [0.2, 0.25) is 0 Å². The SMILES string of the molecule is CCC(C(=O)Nc1cccc(C(C)=O)c1)n1nc(-c2ccc(C)cc2)ccc1=O. The molecule has 2 aromatic carbocycles. The molecule has 6 heteroatoms. The molecule has 6 nitrogen and oxygen atoms in total. The Balaban J connectivity index is 1.91. The molecular formula is C23H23N3O3. The van der Waals surface area contributed by atoms with Crippen LogP contribution in [0.5, 0.6) is 0 Å². The maximum Gasteiger partial charge on any atom is 0.267 e. The topological polar surface area (TPSA) is 81.1 Å². The summed E-state index contributed by atoms with van der Waals surface area (Å²) in [5.41, 5.74) is 3.28. The minimum absolute atomic E-state index is 0.0863. The summed E-state index contributed by atoms with van der Waals surface area (Å²) in [7, 11) is 0. The van der Waals surface area contributed by atoms with Crippen molar-refractivity contribution in [3.63, 3.8) is 0 Å². The summed E-state index contributed by atoms with van der Waals surface area (Å²) in [5.74, 6) is -0.444. The predicted molar refractivity (Wildman–Crippen MR) is 113 cm³/mol. The van der Waals surface area contributed by atoms with Gasteiger partial charge in [-0.25, -0.2) is 4.68 Å². The molecule has 0 spiro atoms. The highest BCUT2D eigenvalue weighted by Gasteiger charge is 2.21. The summed E-state index contributed by atoms with van der Waals surface area (Å²) in [4.78, 5) is 36.9. The Morgan fingerprint density at radius 3 is 2.45 bits per heavy atom. The molecule has 1 heterocycles. The Bertz CT molecular complexity index is 1100. The summed E-state index contributed by atoms with van der Waals surface area (Å²) in [6, 6.07) is 16.8. The summed E-state index contributed by atoms with van der Waals surface area (Å²) < 4.78 is 1.22. The van der Waals surface area contributed by atoms with Crippen molar-refractivity contribution in [3.05, 3.63) is 82.1 Å². The smallest absolute Gasteiger partial charge is 0.267 e. The molecule has 1 unspecified atom stereocenters. The fraction of sp³-hybridized carbons (Fsp3) is 0.217. The quantitative estimate of drug-likeness (QED) is 0.646. The highest BCUT2D eigenvalue weighted by Crippen LogP contribution is 2.19. The van der Waals surface area contributed by atoms with Crippen molar-refractivity contribution in [1.29, 1.82) is 0 Å². The molecule has 0 radical (unpaired) electrons. The Morgan fingerprint density at radius 2 is 1.79 bits per heavy atom. The lowest BCUT2D eigenvalue weighted by molar-refractivity contribution is -0.119. The van der Waals surface area contributed by atoms with Crippen molar-refractivity contribution in [3.8, 4) is 11.3 Å². The van der Waals surface area contributed by atoms with Gasteiger partial charge in [0.15, 0.2) is 5.78 Å². The lowest BCUT2D eigenvalue weighted by atomic mass is 10.1. The summed E-state index contributed by atoms with van der Waals surface area (Å²) in [5, 5.41) is 7.23. The van der Waals surface area contributed by atoms with E-state index in [0.717, 1.165) is 11.1 Å². The van der Waals surface area contributed by atoms with Crippen molar-refractivity contribution in [2.75, 3.05) is 5.32 Å². The fourth-order valence-corrected chi connectivity index (χ4v) is 3.04. The molecule has 1 aromatic heterocycles. The zero-order valence-corrected chi connectivity index (χ0v) is 16.7. The number of nitrogens with one attached hydrogen (secondary N) is 1. The Morgan fingerprint density at radius 1 is 1.07 bits per heavy atom. The van der Waals surface area contributed by atoms with E-state index in [0.29, 0.717) is 23.4 Å². The molecule has 3 rings (SSSR count). The van der Waals surface area contributed by atoms with E-state index in [1.54, 1.807) is 30.3 Å². The maximum absolute atomic E-state index is 12.9. The van der Waals surface area contributed by atoms with E-state index in [9.17, 15) is 14.4 Å². The lowest BCUT2D eigenvalue weighted by Gasteiger charge is -2.18. The molecule has 0 saturated carbocycles. The van der Waals surface area contributed by atoms with Crippen LogP contribution in [0.3, 0.4) is 0 Å². The van der Waals surface area contributed by atoms with Gasteiger partial charge in [0, 0.05) is 22.9 Å². The monoisotopic (exact) mass is 389 g/mol. The third-order valence-electron chi connectivity index (χ3n) is 4.69. The normalized spacial score (nSPS) is 11.7. The summed E-state index contributed by atoms with van der Waals surface area (Å²) >= 11 is 0. The van der Waals surface area contributed by atoms with Crippen molar-refractivity contribution in [2.24, 2.45) is 0 Å². The zero-order valence-electron chi connectivity index (χ0n) is 16.7. The second kappa shape index (κ2) is 8.65. The lowest BCUT2D eigenvalue weighted by Crippen LogP contribution is -2.34. The number of hydrogen-bond donors (Lipinski definition) is 1. The molecule has 0 aliphatic rings. The summed E-state index contributed by atoms with van der Waals surface area (Å²) in [6.07, 6.45) is 0.391. The number of carbonyl (C=O) groups excluding carboxylic acids is 2. The van der Waals surface area contributed by atoms with Gasteiger partial charge in [0.2, 0.25) is 5.91 Å². The van der Waals surface area contributed by atoms with Crippen LogP contribution < -0.4 is 10.9 Å². The molecule has 1 amide bonds. The molecule has 0 bridgehead atoms. The maximum atomic E-state index is 12.9. The van der Waals surface area contributed by atoms with E-state index in [1.807, 2.05) is 38.1 Å². The first-order valence-corrected chi connectivity index (χ1v) is 9.48. The fourth-order valence-electron chi connectivity index (χ4n) is 3.04. The van der Waals surface area contributed by atoms with Gasteiger partial charge in [-0.2, -0.15) is 5.10 Å². The number of amides is 1. The van der Waals surface area contributed by atoms with Crippen LogP contribution in [0.15, 0.2) is 65.5 Å². The molecule has 0 fully saturated rings. The number of aromatic nitrogens is 2. The van der Waals surface area contributed by atoms with E-state index in [-0.39, 0.29) is 17.2 Å². The predicted octanol–water partition coefficient (Wildman–Crippen LogP) is 4.01. The molecule has 3 aromatic rings. The van der Waals surface area contributed by atoms with Gasteiger partial charge in [-0.3, -0.25) is 14.4 Å². The molecule has 148 valence electrons. The molecule has 0 aliphatic carbocycles. The number of Topliss-reactive ketones (excluding diaryl/α,β-unsaturated/α-hetero) is 1. The Hall–Kier alpha value is -3.54. The number of hydrogen-bond acceptors (Lipinski definition) is 4. The van der Waals surface area contributed by atoms with E-state index in [2.05, 4.69) is 10.4 Å². The average molecular weight is 389 g/mol. The van der Waals surface area contributed by atoms with Gasteiger partial charge in [0.05, 0.1) is 5.69 Å². The number of nitrogens with zero attached hydrogens (tertiary/aromatic N) is 2. The molecule has 0 saturated heterocycles. The summed E-state index contributed by atoms with van der Waals surface area (Å²) in [6.45, 7) is 5.29. The Labute approximate surface area is 169 Å². The van der Waals surface area contributed by atoms with Gasteiger partial charge in [0.1, 0.15) is 6.04 Å². The first-order valence-electron chi connectivity index (χ1n) is 9.48. The van der Waals surface area contributed by atoms with Crippen LogP contribution in [0.25, 0.3) is 11.3 Å². The zero-order chi connectivity index (χ0) is 21.0. The van der Waals surface area contributed by atoms with Gasteiger partial charge >= 0.3 is 0 Å². The van der Waals surface area contributed by atoms with E-state index >= 15 is 0 Å². The second-order valence-corrected chi connectivity index (χ2v) is 6.92. The number of rotatable bonds is 6. The standard InChI is InChI=1S/C23H23N3O3/c1-4-21(23(29)24-19-7-5-6-18(14-19)16(3)27)26-22(28)13-12-20(25-26)17-10-8-15(2)9-11-17/h5-14,21H,4H2,1-3H3,(H,24,29). The molecular weight excluding hydrogens is 366 g/mol. The molecule has 0 aliphatic heterocycles. The highest BCUT2D eigenvalue weighted by molar-refractivity contribution is 5.98. The largest absolute Gasteiger partial charge is 0.324 e. The number of aryl methyl sites for hydroxylation is 1. The van der Waals surface area contributed by atoms with E-state index in [1.165, 1.54) is 17.7 Å². The van der Waals surface area contributed by atoms with Crippen LogP contribution in [0.1, 0.15) is 42.2 Å². The highest BCUT2D eigenvalue weighted by atomic mass is 16.2. The van der Waals surface area contributed by atoms with Crippen molar-refractivity contribution in [2.45, 2.75) is 33.2 Å². The minimum Gasteiger partial charge on any atom is -0.324 e. The number of benzene rings is 2. The van der Waals surface area contributed by atoms with Crippen LogP contribution in [0, 0.1) is 6.92 Å². The minimum atomic E-state index is -0.770. The third-order valence-corrected chi connectivity index (χ3v) is 4.69. The van der Waals surface area contributed by atoms with Gasteiger partial charge in [0.25, 0.3) is 5.56 Å². The second-order valence-electron chi connectivity index (χ2n) is 6.92. The van der Waals surface area contributed by atoms with Crippen LogP contribution >= 0.6 is 0 Å². The van der Waals surface area contributed by atoms with Crippen LogP contribution in [0.4, 0.5) is 5.69 Å². The van der Waals surface area contributed by atoms with E-state index in [4.69, 9.17) is 0 Å². The van der Waals surface area contributed by atoms with Gasteiger partial charge < -0.3 is 5.32 Å². The van der Waals surface area contributed by atoms with Gasteiger partial charge in [-0.15, -0.1) is 0 Å². The van der Waals surface area contributed by atoms with E-state index < -0.39 is 6.04 Å². The van der Waals surface area contributed by atoms with Gasteiger partial charge in [-0.1, -0.05) is 48.9 Å². The Kier molecular flexibility index (Phi) is 6.02. The molecule has 1 N–H and O–H groups in total. The number of carbonyl (C=O) groups is 2. The number of anilines is 1.